The molecule has 2 amide bonds. The Kier molecular flexibility index (Phi) is 8.10. The van der Waals surface area contributed by atoms with E-state index < -0.39 is 18.0 Å². The van der Waals surface area contributed by atoms with Crippen LogP contribution in [0.3, 0.4) is 0 Å². The van der Waals surface area contributed by atoms with Crippen LogP contribution in [0.5, 0.6) is 0 Å². The van der Waals surface area contributed by atoms with Gasteiger partial charge in [0.15, 0.2) is 5.12 Å². The Hall–Kier alpha value is -2.09. The van der Waals surface area contributed by atoms with E-state index in [9.17, 15) is 14.4 Å². The standard InChI is InChI=1S/C15H21N3O4S/c1-11(14(20)21)17-15(22)18(9-10-23-12(2)19)8-5-13-3-6-16-7-4-13/h3-4,6-7,11H,5,8-10H2,1-2H3,(H,17,22)(H,20,21). The molecule has 1 rings (SSSR count). The van der Waals surface area contributed by atoms with Gasteiger partial charge in [0.2, 0.25) is 0 Å². The van der Waals surface area contributed by atoms with Crippen LogP contribution in [0.2, 0.25) is 0 Å². The van der Waals surface area contributed by atoms with Crippen molar-refractivity contribution in [1.82, 2.24) is 15.2 Å². The van der Waals surface area contributed by atoms with Gasteiger partial charge < -0.3 is 15.3 Å². The monoisotopic (exact) mass is 339 g/mol. The Balaban J connectivity index is 2.61. The highest BCUT2D eigenvalue weighted by atomic mass is 32.2. The number of hydrogen-bond acceptors (Lipinski definition) is 5. The number of nitrogens with one attached hydrogen (secondary N) is 1. The van der Waals surface area contributed by atoms with Crippen molar-refractivity contribution in [2.24, 2.45) is 0 Å². The molecule has 0 radical (unpaired) electrons. The van der Waals surface area contributed by atoms with Crippen LogP contribution in [0.1, 0.15) is 19.4 Å². The van der Waals surface area contributed by atoms with Crippen molar-refractivity contribution in [3.8, 4) is 0 Å². The lowest BCUT2D eigenvalue weighted by atomic mass is 10.2. The van der Waals surface area contributed by atoms with Crippen LogP contribution in [0.15, 0.2) is 24.5 Å². The molecule has 1 unspecified atom stereocenters. The third-order valence-electron chi connectivity index (χ3n) is 3.08. The first-order valence-electron chi connectivity index (χ1n) is 7.20. The molecular formula is C15H21N3O4S. The van der Waals surface area contributed by atoms with Gasteiger partial charge in [-0.05, 0) is 31.0 Å². The number of aromatic nitrogens is 1. The number of rotatable bonds is 8. The van der Waals surface area contributed by atoms with Gasteiger partial charge in [-0.15, -0.1) is 0 Å². The topological polar surface area (TPSA) is 99.6 Å². The predicted octanol–water partition coefficient (Wildman–Crippen LogP) is 1.39. The summed E-state index contributed by atoms with van der Waals surface area (Å²) in [4.78, 5) is 39.5. The lowest BCUT2D eigenvalue weighted by Crippen LogP contribution is -2.48. The summed E-state index contributed by atoms with van der Waals surface area (Å²) in [6, 6.07) is 2.31. The Morgan fingerprint density at radius 3 is 2.52 bits per heavy atom. The van der Waals surface area contributed by atoms with E-state index in [2.05, 4.69) is 10.3 Å². The van der Waals surface area contributed by atoms with E-state index in [1.807, 2.05) is 12.1 Å². The summed E-state index contributed by atoms with van der Waals surface area (Å²) >= 11 is 1.14. The Morgan fingerprint density at radius 1 is 1.30 bits per heavy atom. The van der Waals surface area contributed by atoms with Crippen molar-refractivity contribution < 1.29 is 19.5 Å². The van der Waals surface area contributed by atoms with E-state index in [0.717, 1.165) is 17.3 Å². The predicted molar refractivity (Wildman–Crippen MR) is 88.3 cm³/mol. The molecule has 0 aliphatic heterocycles. The summed E-state index contributed by atoms with van der Waals surface area (Å²) in [6.45, 7) is 3.68. The van der Waals surface area contributed by atoms with Gasteiger partial charge in [-0.25, -0.2) is 4.79 Å². The zero-order chi connectivity index (χ0) is 17.2. The SMILES string of the molecule is CC(=O)SCCN(CCc1ccncc1)C(=O)NC(C)C(=O)O. The van der Waals surface area contributed by atoms with Crippen LogP contribution in [0, 0.1) is 0 Å². The minimum atomic E-state index is -1.09. The zero-order valence-electron chi connectivity index (χ0n) is 13.2. The molecule has 1 heterocycles. The van der Waals surface area contributed by atoms with Crippen molar-refractivity contribution in [2.45, 2.75) is 26.3 Å². The second-order valence-electron chi connectivity index (χ2n) is 4.94. The fourth-order valence-electron chi connectivity index (χ4n) is 1.77. The fraction of sp³-hybridized carbons (Fsp3) is 0.467. The number of aliphatic carboxylic acids is 1. The van der Waals surface area contributed by atoms with E-state index >= 15 is 0 Å². The van der Waals surface area contributed by atoms with Crippen LogP contribution in [-0.4, -0.2) is 57.0 Å². The largest absolute Gasteiger partial charge is 0.480 e. The normalized spacial score (nSPS) is 11.6. The summed E-state index contributed by atoms with van der Waals surface area (Å²) in [5.74, 6) is -0.619. The molecule has 1 aromatic rings. The molecule has 23 heavy (non-hydrogen) atoms. The molecule has 0 saturated heterocycles. The first kappa shape index (κ1) is 19.0. The van der Waals surface area contributed by atoms with Crippen molar-refractivity contribution in [1.29, 1.82) is 0 Å². The molecule has 0 fully saturated rings. The van der Waals surface area contributed by atoms with Crippen LogP contribution in [0.4, 0.5) is 4.79 Å². The molecule has 126 valence electrons. The van der Waals surface area contributed by atoms with Gasteiger partial charge in [0, 0.05) is 38.2 Å². The molecule has 8 heteroatoms. The van der Waals surface area contributed by atoms with Gasteiger partial charge >= 0.3 is 12.0 Å². The molecule has 0 aromatic carbocycles. The van der Waals surface area contributed by atoms with E-state index in [1.54, 1.807) is 12.4 Å². The summed E-state index contributed by atoms with van der Waals surface area (Å²) < 4.78 is 0. The van der Waals surface area contributed by atoms with Crippen molar-refractivity contribution in [3.05, 3.63) is 30.1 Å². The van der Waals surface area contributed by atoms with Gasteiger partial charge in [0.25, 0.3) is 0 Å². The van der Waals surface area contributed by atoms with Gasteiger partial charge in [0.1, 0.15) is 6.04 Å². The highest BCUT2D eigenvalue weighted by molar-refractivity contribution is 8.13. The molecule has 0 bridgehead atoms. The second kappa shape index (κ2) is 9.83. The molecule has 0 spiro atoms. The first-order chi connectivity index (χ1) is 10.9. The number of nitrogens with zero attached hydrogens (tertiary/aromatic N) is 2. The van der Waals surface area contributed by atoms with Gasteiger partial charge in [-0.2, -0.15) is 0 Å². The average Bonchev–Trinajstić information content (AvgIpc) is 2.51. The lowest BCUT2D eigenvalue weighted by Gasteiger charge is -2.24. The number of urea groups is 1. The number of carboxylic acid groups (broad SMARTS) is 1. The van der Waals surface area contributed by atoms with Gasteiger partial charge in [-0.1, -0.05) is 11.8 Å². The number of pyridine rings is 1. The molecule has 0 aliphatic rings. The number of carbonyl (C=O) groups excluding carboxylic acids is 2. The first-order valence-corrected chi connectivity index (χ1v) is 8.19. The minimum absolute atomic E-state index is 0.0154. The van der Waals surface area contributed by atoms with Gasteiger partial charge in [-0.3, -0.25) is 14.6 Å². The Morgan fingerprint density at radius 2 is 1.96 bits per heavy atom. The summed E-state index contributed by atoms with van der Waals surface area (Å²) in [5.41, 5.74) is 1.03. The van der Waals surface area contributed by atoms with E-state index in [4.69, 9.17) is 5.11 Å². The molecule has 2 N–H and O–H groups in total. The van der Waals surface area contributed by atoms with Crippen LogP contribution in [0.25, 0.3) is 0 Å². The highest BCUT2D eigenvalue weighted by Crippen LogP contribution is 2.05. The van der Waals surface area contributed by atoms with E-state index in [0.29, 0.717) is 25.3 Å². The maximum absolute atomic E-state index is 12.2. The number of carbonyl (C=O) groups is 3. The number of thioether (sulfide) groups is 1. The van der Waals surface area contributed by atoms with Crippen molar-refractivity contribution in [3.63, 3.8) is 0 Å². The third-order valence-corrected chi connectivity index (χ3v) is 3.88. The quantitative estimate of drug-likeness (QED) is 0.742. The maximum Gasteiger partial charge on any atom is 0.325 e. The lowest BCUT2D eigenvalue weighted by molar-refractivity contribution is -0.138. The van der Waals surface area contributed by atoms with Crippen LogP contribution in [-0.2, 0) is 16.0 Å². The Bertz CT molecular complexity index is 539. The highest BCUT2D eigenvalue weighted by Gasteiger charge is 2.19. The molecule has 1 aromatic heterocycles. The zero-order valence-corrected chi connectivity index (χ0v) is 14.0. The maximum atomic E-state index is 12.2. The van der Waals surface area contributed by atoms with Crippen LogP contribution < -0.4 is 5.32 Å². The summed E-state index contributed by atoms with van der Waals surface area (Å²) in [5, 5.41) is 11.3. The smallest absolute Gasteiger partial charge is 0.325 e. The third kappa shape index (κ3) is 7.64. The van der Waals surface area contributed by atoms with E-state index in [-0.39, 0.29) is 5.12 Å². The minimum Gasteiger partial charge on any atom is -0.480 e. The number of amides is 2. The van der Waals surface area contributed by atoms with Crippen molar-refractivity contribution >= 4 is 28.9 Å². The average molecular weight is 339 g/mol. The molecule has 0 saturated carbocycles. The molecule has 7 nitrogen and oxygen atoms in total. The second-order valence-corrected chi connectivity index (χ2v) is 6.21. The van der Waals surface area contributed by atoms with E-state index in [1.165, 1.54) is 18.7 Å². The number of carboxylic acids is 1. The number of hydrogen-bond donors (Lipinski definition) is 2. The molecular weight excluding hydrogens is 318 g/mol. The van der Waals surface area contributed by atoms with Crippen molar-refractivity contribution in [2.75, 3.05) is 18.8 Å². The molecule has 0 aliphatic carbocycles. The van der Waals surface area contributed by atoms with Gasteiger partial charge in [0.05, 0.1) is 0 Å². The summed E-state index contributed by atoms with van der Waals surface area (Å²) in [7, 11) is 0. The van der Waals surface area contributed by atoms with Crippen LogP contribution >= 0.6 is 11.8 Å². The fourth-order valence-corrected chi connectivity index (χ4v) is 2.37. The molecule has 1 atom stereocenters. The Labute approximate surface area is 139 Å². The summed E-state index contributed by atoms with van der Waals surface area (Å²) in [6.07, 6.45) is 3.98.